The Morgan fingerprint density at radius 1 is 0.850 bits per heavy atom. The van der Waals surface area contributed by atoms with E-state index in [1.54, 1.807) is 12.1 Å². The molecular formula is C18H19NO. The first-order chi connectivity index (χ1) is 9.81. The van der Waals surface area contributed by atoms with E-state index < -0.39 is 0 Å². The van der Waals surface area contributed by atoms with Crippen molar-refractivity contribution in [2.75, 3.05) is 0 Å². The van der Waals surface area contributed by atoms with Gasteiger partial charge in [0.15, 0.2) is 0 Å². The van der Waals surface area contributed by atoms with Crippen molar-refractivity contribution in [3.05, 3.63) is 42.0 Å². The summed E-state index contributed by atoms with van der Waals surface area (Å²) in [6.45, 7) is 0. The van der Waals surface area contributed by atoms with Crippen molar-refractivity contribution >= 4 is 21.8 Å². The van der Waals surface area contributed by atoms with E-state index in [1.165, 1.54) is 54.0 Å². The molecule has 1 fully saturated rings. The van der Waals surface area contributed by atoms with Crippen LogP contribution in [0.2, 0.25) is 0 Å². The number of fused-ring (bicyclic) bond motifs is 3. The Balaban J connectivity index is 1.84. The average molecular weight is 265 g/mol. The van der Waals surface area contributed by atoms with Gasteiger partial charge in [0.2, 0.25) is 0 Å². The Bertz CT molecular complexity index is 766. The van der Waals surface area contributed by atoms with Gasteiger partial charge in [-0.3, -0.25) is 0 Å². The molecule has 2 heteroatoms. The Kier molecular flexibility index (Phi) is 2.69. The summed E-state index contributed by atoms with van der Waals surface area (Å²) in [6, 6.07) is 12.4. The summed E-state index contributed by atoms with van der Waals surface area (Å²) in [5.41, 5.74) is 3.67. The van der Waals surface area contributed by atoms with Gasteiger partial charge < -0.3 is 10.1 Å². The van der Waals surface area contributed by atoms with Gasteiger partial charge in [-0.15, -0.1) is 0 Å². The summed E-state index contributed by atoms with van der Waals surface area (Å²) >= 11 is 0. The zero-order valence-electron chi connectivity index (χ0n) is 11.5. The van der Waals surface area contributed by atoms with Crippen LogP contribution in [0.1, 0.15) is 43.6 Å². The molecule has 0 aliphatic heterocycles. The molecule has 0 saturated heterocycles. The minimum Gasteiger partial charge on any atom is -0.508 e. The Hall–Kier alpha value is -1.96. The maximum absolute atomic E-state index is 9.59. The fraction of sp³-hybridized carbons (Fsp3) is 0.333. The van der Waals surface area contributed by atoms with Crippen LogP contribution in [-0.2, 0) is 0 Å². The molecule has 1 aromatic heterocycles. The molecule has 1 saturated carbocycles. The first-order valence-corrected chi connectivity index (χ1v) is 7.55. The first-order valence-electron chi connectivity index (χ1n) is 7.55. The van der Waals surface area contributed by atoms with Gasteiger partial charge in [-0.25, -0.2) is 0 Å². The summed E-state index contributed by atoms with van der Waals surface area (Å²) in [4.78, 5) is 3.44. The fourth-order valence-corrected chi connectivity index (χ4v) is 3.61. The average Bonchev–Trinajstić information content (AvgIpc) is 2.84. The van der Waals surface area contributed by atoms with Gasteiger partial charge >= 0.3 is 0 Å². The van der Waals surface area contributed by atoms with Gasteiger partial charge in [0, 0.05) is 22.4 Å². The summed E-state index contributed by atoms with van der Waals surface area (Å²) in [5, 5.41) is 12.0. The van der Waals surface area contributed by atoms with Gasteiger partial charge in [-0.05, 0) is 42.5 Å². The van der Waals surface area contributed by atoms with E-state index in [9.17, 15) is 5.11 Å². The van der Waals surface area contributed by atoms with Crippen LogP contribution in [0.5, 0.6) is 5.75 Å². The smallest absolute Gasteiger partial charge is 0.117 e. The number of benzene rings is 2. The molecule has 0 bridgehead atoms. The zero-order chi connectivity index (χ0) is 13.5. The lowest BCUT2D eigenvalue weighted by Gasteiger charge is -2.21. The third kappa shape index (κ3) is 1.87. The van der Waals surface area contributed by atoms with Crippen LogP contribution in [0.4, 0.5) is 0 Å². The number of hydrogen-bond acceptors (Lipinski definition) is 1. The maximum Gasteiger partial charge on any atom is 0.117 e. The second-order valence-electron chi connectivity index (χ2n) is 5.99. The van der Waals surface area contributed by atoms with E-state index in [0.717, 1.165) is 11.4 Å². The Labute approximate surface area is 118 Å². The molecule has 0 atom stereocenters. The highest BCUT2D eigenvalue weighted by Crippen LogP contribution is 2.35. The quantitative estimate of drug-likeness (QED) is 0.632. The summed E-state index contributed by atoms with van der Waals surface area (Å²) < 4.78 is 0. The summed E-state index contributed by atoms with van der Waals surface area (Å²) in [7, 11) is 0. The molecule has 20 heavy (non-hydrogen) atoms. The molecule has 3 aromatic rings. The lowest BCUT2D eigenvalue weighted by Crippen LogP contribution is -2.04. The van der Waals surface area contributed by atoms with Crippen LogP contribution in [0.15, 0.2) is 36.4 Å². The topological polar surface area (TPSA) is 36.0 Å². The standard InChI is InChI=1S/C18H19NO/c20-14-7-9-16-15-8-6-13(12-4-2-1-3-5-12)10-17(15)19-18(16)11-14/h6-12,19-20H,1-5H2. The molecule has 0 radical (unpaired) electrons. The monoisotopic (exact) mass is 265 g/mol. The zero-order valence-corrected chi connectivity index (χ0v) is 11.5. The lowest BCUT2D eigenvalue weighted by molar-refractivity contribution is 0.444. The maximum atomic E-state index is 9.59. The van der Waals surface area contributed by atoms with Crippen LogP contribution in [0, 0.1) is 0 Å². The molecule has 4 rings (SSSR count). The first kappa shape index (κ1) is 11.8. The highest BCUT2D eigenvalue weighted by Gasteiger charge is 2.16. The number of hydrogen-bond donors (Lipinski definition) is 2. The van der Waals surface area contributed by atoms with Crippen molar-refractivity contribution in [1.29, 1.82) is 0 Å². The van der Waals surface area contributed by atoms with E-state index in [0.29, 0.717) is 5.75 Å². The van der Waals surface area contributed by atoms with Crippen molar-refractivity contribution in [2.45, 2.75) is 38.0 Å². The summed E-state index contributed by atoms with van der Waals surface area (Å²) in [5.74, 6) is 1.05. The molecule has 2 N–H and O–H groups in total. The third-order valence-electron chi connectivity index (χ3n) is 4.68. The van der Waals surface area contributed by atoms with Gasteiger partial charge in [0.05, 0.1) is 5.52 Å². The Morgan fingerprint density at radius 3 is 2.35 bits per heavy atom. The highest BCUT2D eigenvalue weighted by atomic mass is 16.3. The molecule has 1 aliphatic rings. The third-order valence-corrected chi connectivity index (χ3v) is 4.68. The molecule has 0 unspecified atom stereocenters. The van der Waals surface area contributed by atoms with Crippen molar-refractivity contribution in [3.8, 4) is 5.75 Å². The van der Waals surface area contributed by atoms with Crippen LogP contribution in [0.3, 0.4) is 0 Å². The second-order valence-corrected chi connectivity index (χ2v) is 5.99. The predicted molar refractivity (Wildman–Crippen MR) is 83.3 cm³/mol. The normalized spacial score (nSPS) is 17.0. The lowest BCUT2D eigenvalue weighted by atomic mass is 9.84. The number of nitrogens with one attached hydrogen (secondary N) is 1. The van der Waals surface area contributed by atoms with Crippen molar-refractivity contribution in [2.24, 2.45) is 0 Å². The van der Waals surface area contributed by atoms with Crippen LogP contribution in [-0.4, -0.2) is 10.1 Å². The second kappa shape index (κ2) is 4.55. The largest absolute Gasteiger partial charge is 0.508 e. The molecule has 102 valence electrons. The van der Waals surface area contributed by atoms with Gasteiger partial charge in [-0.2, -0.15) is 0 Å². The Morgan fingerprint density at radius 2 is 1.55 bits per heavy atom. The van der Waals surface area contributed by atoms with Crippen LogP contribution >= 0.6 is 0 Å². The number of aromatic nitrogens is 1. The number of H-pyrrole nitrogens is 1. The molecule has 2 nitrogen and oxygen atoms in total. The fourth-order valence-electron chi connectivity index (χ4n) is 3.61. The number of aromatic hydroxyl groups is 1. The van der Waals surface area contributed by atoms with Crippen LogP contribution < -0.4 is 0 Å². The molecule has 0 spiro atoms. The van der Waals surface area contributed by atoms with Gasteiger partial charge in [0.25, 0.3) is 0 Å². The molecule has 0 amide bonds. The van der Waals surface area contributed by atoms with Crippen molar-refractivity contribution < 1.29 is 5.11 Å². The number of aromatic amines is 1. The van der Waals surface area contributed by atoms with E-state index in [4.69, 9.17) is 0 Å². The van der Waals surface area contributed by atoms with E-state index in [2.05, 4.69) is 23.2 Å². The van der Waals surface area contributed by atoms with Gasteiger partial charge in [-0.1, -0.05) is 31.4 Å². The van der Waals surface area contributed by atoms with Crippen molar-refractivity contribution in [3.63, 3.8) is 0 Å². The van der Waals surface area contributed by atoms with E-state index in [-0.39, 0.29) is 0 Å². The minimum absolute atomic E-state index is 0.316. The van der Waals surface area contributed by atoms with Crippen LogP contribution in [0.25, 0.3) is 21.8 Å². The predicted octanol–water partition coefficient (Wildman–Crippen LogP) is 5.07. The number of rotatable bonds is 1. The number of phenolic OH excluding ortho intramolecular Hbond substituents is 1. The highest BCUT2D eigenvalue weighted by molar-refractivity contribution is 6.07. The van der Waals surface area contributed by atoms with Gasteiger partial charge in [0.1, 0.15) is 5.75 Å². The molecule has 2 aromatic carbocycles. The summed E-state index contributed by atoms with van der Waals surface area (Å²) in [6.07, 6.45) is 6.77. The molecular weight excluding hydrogens is 246 g/mol. The minimum atomic E-state index is 0.316. The number of phenols is 1. The SMILES string of the molecule is Oc1ccc2c(c1)[nH]c1cc(C3CCCCC3)ccc12. The van der Waals surface area contributed by atoms with E-state index in [1.807, 2.05) is 6.07 Å². The van der Waals surface area contributed by atoms with Crippen molar-refractivity contribution in [1.82, 2.24) is 4.98 Å². The van der Waals surface area contributed by atoms with E-state index >= 15 is 0 Å². The molecule has 1 aliphatic carbocycles. The molecule has 1 heterocycles.